The smallest absolute Gasteiger partial charge is 0.356 e. The van der Waals surface area contributed by atoms with Crippen LogP contribution in [0.2, 0.25) is 5.02 Å². The molecule has 1 unspecified atom stereocenters. The van der Waals surface area contributed by atoms with Gasteiger partial charge in [0.05, 0.1) is 11.1 Å². The van der Waals surface area contributed by atoms with Gasteiger partial charge in [-0.2, -0.15) is 0 Å². The molecule has 0 saturated heterocycles. The normalized spacial score (nSPS) is 16.6. The van der Waals surface area contributed by atoms with Gasteiger partial charge < -0.3 is 15.5 Å². The Balaban J connectivity index is 2.00. The number of hydrogen-bond donors (Lipinski definition) is 3. The highest BCUT2D eigenvalue weighted by molar-refractivity contribution is 6.33. The highest BCUT2D eigenvalue weighted by Gasteiger charge is 2.29. The van der Waals surface area contributed by atoms with Crippen molar-refractivity contribution in [3.05, 3.63) is 22.8 Å². The molecule has 1 aromatic rings. The van der Waals surface area contributed by atoms with Gasteiger partial charge in [-0.1, -0.05) is 11.6 Å². The molecule has 6 heteroatoms. The van der Waals surface area contributed by atoms with Crippen LogP contribution in [0.3, 0.4) is 0 Å². The molecular weight excluding hydrogens is 244 g/mol. The average molecular weight is 257 g/mol. The predicted molar refractivity (Wildman–Crippen MR) is 63.4 cm³/mol. The number of aromatic nitrogens is 1. The molecule has 1 atom stereocenters. The number of carboxylic acids is 1. The van der Waals surface area contributed by atoms with Crippen molar-refractivity contribution in [2.45, 2.75) is 18.9 Å². The molecule has 92 valence electrons. The van der Waals surface area contributed by atoms with Gasteiger partial charge in [0.25, 0.3) is 0 Å². The van der Waals surface area contributed by atoms with E-state index in [-0.39, 0.29) is 10.7 Å². The van der Waals surface area contributed by atoms with Crippen LogP contribution in [0.4, 0.5) is 5.82 Å². The monoisotopic (exact) mass is 256 g/mol. The molecular formula is C11H13ClN2O3. The fourth-order valence-corrected chi connectivity index (χ4v) is 1.73. The SMILES string of the molecule is O=C(O)c1nc(NCC(O)C2CC2)ccc1Cl. The summed E-state index contributed by atoms with van der Waals surface area (Å²) in [5.74, 6) is -0.387. The van der Waals surface area contributed by atoms with Crippen molar-refractivity contribution in [1.29, 1.82) is 0 Å². The van der Waals surface area contributed by atoms with Crippen LogP contribution in [0.5, 0.6) is 0 Å². The minimum absolute atomic E-state index is 0.103. The molecule has 0 aromatic carbocycles. The number of nitrogens with zero attached hydrogens (tertiary/aromatic N) is 1. The van der Waals surface area contributed by atoms with Gasteiger partial charge in [0.2, 0.25) is 0 Å². The lowest BCUT2D eigenvalue weighted by atomic mass is 10.2. The van der Waals surface area contributed by atoms with E-state index in [1.807, 2.05) is 0 Å². The lowest BCUT2D eigenvalue weighted by Gasteiger charge is -2.11. The number of halogens is 1. The van der Waals surface area contributed by atoms with E-state index >= 15 is 0 Å². The molecule has 3 N–H and O–H groups in total. The third-order valence-electron chi connectivity index (χ3n) is 2.71. The molecule has 0 spiro atoms. The Morgan fingerprint density at radius 1 is 1.59 bits per heavy atom. The maximum absolute atomic E-state index is 10.8. The summed E-state index contributed by atoms with van der Waals surface area (Å²) in [7, 11) is 0. The zero-order valence-electron chi connectivity index (χ0n) is 9.06. The summed E-state index contributed by atoms with van der Waals surface area (Å²) < 4.78 is 0. The molecule has 0 aliphatic heterocycles. The van der Waals surface area contributed by atoms with Crippen molar-refractivity contribution < 1.29 is 15.0 Å². The Kier molecular flexibility index (Phi) is 3.49. The van der Waals surface area contributed by atoms with E-state index < -0.39 is 12.1 Å². The summed E-state index contributed by atoms with van der Waals surface area (Å²) in [4.78, 5) is 14.7. The lowest BCUT2D eigenvalue weighted by molar-refractivity contribution is 0.0691. The largest absolute Gasteiger partial charge is 0.476 e. The first-order chi connectivity index (χ1) is 8.08. The van der Waals surface area contributed by atoms with Crippen LogP contribution >= 0.6 is 11.6 Å². The summed E-state index contributed by atoms with van der Waals surface area (Å²) >= 11 is 5.69. The molecule has 1 saturated carbocycles. The fourth-order valence-electron chi connectivity index (χ4n) is 1.55. The minimum atomic E-state index is -1.17. The highest BCUT2D eigenvalue weighted by atomic mass is 35.5. The molecule has 17 heavy (non-hydrogen) atoms. The zero-order chi connectivity index (χ0) is 12.4. The van der Waals surface area contributed by atoms with Gasteiger partial charge in [-0.05, 0) is 30.9 Å². The van der Waals surface area contributed by atoms with Gasteiger partial charge in [0.15, 0.2) is 5.69 Å². The van der Waals surface area contributed by atoms with E-state index in [1.54, 1.807) is 6.07 Å². The Morgan fingerprint density at radius 2 is 2.29 bits per heavy atom. The maximum atomic E-state index is 10.8. The number of pyridine rings is 1. The van der Waals surface area contributed by atoms with E-state index in [9.17, 15) is 9.90 Å². The Bertz CT molecular complexity index is 435. The fraction of sp³-hybridized carbons (Fsp3) is 0.455. The predicted octanol–water partition coefficient (Wildman–Crippen LogP) is 1.62. The highest BCUT2D eigenvalue weighted by Crippen LogP contribution is 2.32. The third-order valence-corrected chi connectivity index (χ3v) is 3.01. The van der Waals surface area contributed by atoms with Crippen molar-refractivity contribution in [3.8, 4) is 0 Å². The summed E-state index contributed by atoms with van der Waals surface area (Å²) in [6, 6.07) is 3.07. The van der Waals surface area contributed by atoms with Crippen molar-refractivity contribution in [3.63, 3.8) is 0 Å². The standard InChI is InChI=1S/C11H13ClN2O3/c12-7-3-4-9(14-10(7)11(16)17)13-5-8(15)6-1-2-6/h3-4,6,8,15H,1-2,5H2,(H,13,14)(H,16,17). The topological polar surface area (TPSA) is 82.5 Å². The molecule has 0 amide bonds. The third kappa shape index (κ3) is 3.08. The molecule has 2 rings (SSSR count). The van der Waals surface area contributed by atoms with E-state index in [4.69, 9.17) is 16.7 Å². The number of aliphatic hydroxyl groups is 1. The Hall–Kier alpha value is -1.33. The van der Waals surface area contributed by atoms with Crippen LogP contribution in [-0.4, -0.2) is 33.8 Å². The second kappa shape index (κ2) is 4.89. The maximum Gasteiger partial charge on any atom is 0.356 e. The van der Waals surface area contributed by atoms with Crippen LogP contribution in [-0.2, 0) is 0 Å². The van der Waals surface area contributed by atoms with E-state index in [2.05, 4.69) is 10.3 Å². The summed E-state index contributed by atoms with van der Waals surface area (Å²) in [6.07, 6.45) is 1.70. The van der Waals surface area contributed by atoms with Gasteiger partial charge in [0, 0.05) is 6.54 Å². The number of hydrogen-bond acceptors (Lipinski definition) is 4. The van der Waals surface area contributed by atoms with Crippen LogP contribution in [0.15, 0.2) is 12.1 Å². The molecule has 1 fully saturated rings. The summed E-state index contributed by atoms with van der Waals surface area (Å²) in [5, 5.41) is 21.5. The number of nitrogens with one attached hydrogen (secondary N) is 1. The first-order valence-electron chi connectivity index (χ1n) is 5.39. The van der Waals surface area contributed by atoms with Crippen LogP contribution in [0.25, 0.3) is 0 Å². The zero-order valence-corrected chi connectivity index (χ0v) is 9.81. The molecule has 0 bridgehead atoms. The van der Waals surface area contributed by atoms with Crippen LogP contribution in [0, 0.1) is 5.92 Å². The number of aliphatic hydroxyl groups excluding tert-OH is 1. The molecule has 1 heterocycles. The number of carboxylic acid groups (broad SMARTS) is 1. The summed E-state index contributed by atoms with van der Waals surface area (Å²) in [6.45, 7) is 0.373. The first kappa shape index (κ1) is 12.1. The number of anilines is 1. The average Bonchev–Trinajstić information content (AvgIpc) is 3.11. The van der Waals surface area contributed by atoms with Crippen LogP contribution in [0.1, 0.15) is 23.3 Å². The quantitative estimate of drug-likeness (QED) is 0.746. The Labute approximate surface area is 103 Å². The summed E-state index contributed by atoms with van der Waals surface area (Å²) in [5.41, 5.74) is -0.183. The van der Waals surface area contributed by atoms with Gasteiger partial charge in [-0.15, -0.1) is 0 Å². The molecule has 1 aliphatic rings. The minimum Gasteiger partial charge on any atom is -0.476 e. The number of carbonyl (C=O) groups is 1. The molecule has 1 aliphatic carbocycles. The number of rotatable bonds is 5. The second-order valence-electron chi connectivity index (χ2n) is 4.12. The number of aromatic carboxylic acids is 1. The van der Waals surface area contributed by atoms with Gasteiger partial charge >= 0.3 is 5.97 Å². The van der Waals surface area contributed by atoms with Crippen LogP contribution < -0.4 is 5.32 Å². The van der Waals surface area contributed by atoms with Crippen molar-refractivity contribution in [2.24, 2.45) is 5.92 Å². The van der Waals surface area contributed by atoms with E-state index in [0.717, 1.165) is 12.8 Å². The van der Waals surface area contributed by atoms with Gasteiger partial charge in [0.1, 0.15) is 5.82 Å². The Morgan fingerprint density at radius 3 is 2.88 bits per heavy atom. The molecule has 0 radical (unpaired) electrons. The lowest BCUT2D eigenvalue weighted by Crippen LogP contribution is -2.22. The van der Waals surface area contributed by atoms with Crippen molar-refractivity contribution in [2.75, 3.05) is 11.9 Å². The van der Waals surface area contributed by atoms with Gasteiger partial charge in [-0.3, -0.25) is 0 Å². The second-order valence-corrected chi connectivity index (χ2v) is 4.52. The van der Waals surface area contributed by atoms with Crippen molar-refractivity contribution in [1.82, 2.24) is 4.98 Å². The molecule has 5 nitrogen and oxygen atoms in total. The van der Waals surface area contributed by atoms with Crippen molar-refractivity contribution >= 4 is 23.4 Å². The first-order valence-corrected chi connectivity index (χ1v) is 5.77. The van der Waals surface area contributed by atoms with E-state index in [0.29, 0.717) is 18.3 Å². The van der Waals surface area contributed by atoms with Gasteiger partial charge in [-0.25, -0.2) is 9.78 Å². The van der Waals surface area contributed by atoms with E-state index in [1.165, 1.54) is 6.07 Å². The molecule has 1 aromatic heterocycles.